The smallest absolute Gasteiger partial charge is 0.313 e. The van der Waals surface area contributed by atoms with Gasteiger partial charge in [0.05, 0.1) is 19.1 Å². The van der Waals surface area contributed by atoms with Crippen LogP contribution in [0, 0.1) is 5.95 Å². The lowest BCUT2D eigenvalue weighted by Gasteiger charge is -2.14. The number of carbonyl (C=O) groups excluding carboxylic acids is 2. The Balaban J connectivity index is 1.84. The van der Waals surface area contributed by atoms with Gasteiger partial charge in [-0.1, -0.05) is 30.3 Å². The first-order valence-electron chi connectivity index (χ1n) is 7.20. The van der Waals surface area contributed by atoms with Gasteiger partial charge < -0.3 is 10.1 Å². The zero-order valence-corrected chi connectivity index (χ0v) is 12.5. The van der Waals surface area contributed by atoms with Gasteiger partial charge in [0.15, 0.2) is 0 Å². The zero-order valence-electron chi connectivity index (χ0n) is 12.5. The molecule has 5 nitrogen and oxygen atoms in total. The highest BCUT2D eigenvalue weighted by Gasteiger charge is 2.36. The van der Waals surface area contributed by atoms with Crippen LogP contribution in [0.5, 0.6) is 0 Å². The number of pyridine rings is 1. The fourth-order valence-electron chi connectivity index (χ4n) is 2.90. The predicted molar refractivity (Wildman–Crippen MR) is 80.2 cm³/mol. The van der Waals surface area contributed by atoms with Gasteiger partial charge in [-0.15, -0.1) is 0 Å². The standard InChI is InChI=1S/C17H15FN2O3/c1-23-17(22)12-9-14(11-6-3-2-5-10(11)12)20-16(21)13-7-4-8-15(18)19-13/h2-8,12,14H,9H2,1H3,(H,20,21)/t12-,14+/m0/s1. The Hall–Kier alpha value is -2.76. The lowest BCUT2D eigenvalue weighted by atomic mass is 10.0. The summed E-state index contributed by atoms with van der Waals surface area (Å²) in [4.78, 5) is 27.7. The maximum absolute atomic E-state index is 13.1. The van der Waals surface area contributed by atoms with E-state index in [2.05, 4.69) is 10.3 Å². The summed E-state index contributed by atoms with van der Waals surface area (Å²) in [6.45, 7) is 0. The molecule has 0 fully saturated rings. The van der Waals surface area contributed by atoms with Crippen LogP contribution in [0.15, 0.2) is 42.5 Å². The molecule has 1 aliphatic rings. The Morgan fingerprint density at radius 1 is 1.17 bits per heavy atom. The molecule has 0 unspecified atom stereocenters. The first-order chi connectivity index (χ1) is 11.1. The molecule has 0 radical (unpaired) electrons. The highest BCUT2D eigenvalue weighted by atomic mass is 19.1. The summed E-state index contributed by atoms with van der Waals surface area (Å²) in [5.41, 5.74) is 1.72. The first kappa shape index (κ1) is 15.1. The quantitative estimate of drug-likeness (QED) is 0.697. The van der Waals surface area contributed by atoms with Crippen molar-refractivity contribution in [1.82, 2.24) is 10.3 Å². The van der Waals surface area contributed by atoms with Gasteiger partial charge in [-0.25, -0.2) is 4.98 Å². The predicted octanol–water partition coefficient (Wildman–Crippen LogP) is 2.35. The van der Waals surface area contributed by atoms with Crippen LogP contribution in [-0.4, -0.2) is 24.0 Å². The molecule has 2 atom stereocenters. The second-order valence-electron chi connectivity index (χ2n) is 5.31. The van der Waals surface area contributed by atoms with Gasteiger partial charge in [0, 0.05) is 0 Å². The number of ether oxygens (including phenoxy) is 1. The van der Waals surface area contributed by atoms with Gasteiger partial charge in [-0.05, 0) is 29.7 Å². The van der Waals surface area contributed by atoms with E-state index in [0.717, 1.165) is 11.1 Å². The molecule has 2 aromatic rings. The lowest BCUT2D eigenvalue weighted by molar-refractivity contribution is -0.142. The minimum Gasteiger partial charge on any atom is -0.469 e. The summed E-state index contributed by atoms with van der Waals surface area (Å²) < 4.78 is 18.0. The topological polar surface area (TPSA) is 68.3 Å². The highest BCUT2D eigenvalue weighted by Crippen LogP contribution is 2.40. The molecule has 0 spiro atoms. The summed E-state index contributed by atoms with van der Waals surface area (Å²) >= 11 is 0. The molecule has 1 aromatic heterocycles. The Morgan fingerprint density at radius 2 is 1.91 bits per heavy atom. The van der Waals surface area contributed by atoms with Gasteiger partial charge in [-0.2, -0.15) is 4.39 Å². The molecular formula is C17H15FN2O3. The number of aromatic nitrogens is 1. The van der Waals surface area contributed by atoms with Crippen molar-refractivity contribution >= 4 is 11.9 Å². The average molecular weight is 314 g/mol. The van der Waals surface area contributed by atoms with Crippen LogP contribution in [-0.2, 0) is 9.53 Å². The molecule has 0 saturated heterocycles. The zero-order chi connectivity index (χ0) is 16.4. The monoisotopic (exact) mass is 314 g/mol. The van der Waals surface area contributed by atoms with E-state index in [0.29, 0.717) is 6.42 Å². The Morgan fingerprint density at radius 3 is 2.61 bits per heavy atom. The van der Waals surface area contributed by atoms with Gasteiger partial charge in [-0.3, -0.25) is 9.59 Å². The number of benzene rings is 1. The Kier molecular flexibility index (Phi) is 4.06. The van der Waals surface area contributed by atoms with E-state index in [1.165, 1.54) is 25.3 Å². The second kappa shape index (κ2) is 6.16. The molecule has 1 heterocycles. The molecule has 0 aliphatic heterocycles. The minimum atomic E-state index is -0.711. The third-order valence-corrected chi connectivity index (χ3v) is 3.96. The van der Waals surface area contributed by atoms with Crippen molar-refractivity contribution in [3.8, 4) is 0 Å². The molecule has 3 rings (SSSR count). The van der Waals surface area contributed by atoms with Crippen molar-refractivity contribution < 1.29 is 18.7 Å². The number of hydrogen-bond acceptors (Lipinski definition) is 4. The summed E-state index contributed by atoms with van der Waals surface area (Å²) in [6.07, 6.45) is 0.410. The molecular weight excluding hydrogens is 299 g/mol. The normalized spacial score (nSPS) is 19.0. The van der Waals surface area contributed by atoms with Crippen LogP contribution >= 0.6 is 0 Å². The van der Waals surface area contributed by atoms with Crippen molar-refractivity contribution in [2.24, 2.45) is 0 Å². The maximum atomic E-state index is 13.1. The summed E-state index contributed by atoms with van der Waals surface area (Å²) in [6, 6.07) is 11.1. The summed E-state index contributed by atoms with van der Waals surface area (Å²) in [5.74, 6) is -1.94. The molecule has 0 bridgehead atoms. The number of fused-ring (bicyclic) bond motifs is 1. The third-order valence-electron chi connectivity index (χ3n) is 3.96. The molecule has 1 aliphatic carbocycles. The second-order valence-corrected chi connectivity index (χ2v) is 5.31. The molecule has 1 N–H and O–H groups in total. The Bertz CT molecular complexity index is 763. The number of esters is 1. The number of halogens is 1. The SMILES string of the molecule is COC(=O)[C@H]1C[C@@H](NC(=O)c2cccc(F)n2)c2ccccc21. The molecule has 23 heavy (non-hydrogen) atoms. The summed E-state index contributed by atoms with van der Waals surface area (Å²) in [7, 11) is 1.34. The number of carbonyl (C=O) groups is 2. The van der Waals surface area contributed by atoms with Gasteiger partial charge in [0.2, 0.25) is 5.95 Å². The number of methoxy groups -OCH3 is 1. The molecule has 118 valence electrons. The van der Waals surface area contributed by atoms with E-state index >= 15 is 0 Å². The molecule has 0 saturated carbocycles. The first-order valence-corrected chi connectivity index (χ1v) is 7.20. The van der Waals surface area contributed by atoms with E-state index < -0.39 is 17.8 Å². The largest absolute Gasteiger partial charge is 0.469 e. The lowest BCUT2D eigenvalue weighted by Crippen LogP contribution is -2.28. The number of nitrogens with one attached hydrogen (secondary N) is 1. The number of amides is 1. The van der Waals surface area contributed by atoms with Crippen LogP contribution in [0.2, 0.25) is 0 Å². The highest BCUT2D eigenvalue weighted by molar-refractivity contribution is 5.92. The van der Waals surface area contributed by atoms with Crippen molar-refractivity contribution in [2.75, 3.05) is 7.11 Å². The van der Waals surface area contributed by atoms with Crippen molar-refractivity contribution in [3.63, 3.8) is 0 Å². The average Bonchev–Trinajstić information content (AvgIpc) is 2.93. The van der Waals surface area contributed by atoms with Crippen LogP contribution in [0.25, 0.3) is 0 Å². The van der Waals surface area contributed by atoms with Crippen LogP contribution < -0.4 is 5.32 Å². The molecule has 1 amide bonds. The third kappa shape index (κ3) is 2.92. The van der Waals surface area contributed by atoms with Gasteiger partial charge in [0.1, 0.15) is 5.69 Å². The van der Waals surface area contributed by atoms with Crippen LogP contribution in [0.3, 0.4) is 0 Å². The maximum Gasteiger partial charge on any atom is 0.313 e. The van der Waals surface area contributed by atoms with Gasteiger partial charge in [0.25, 0.3) is 5.91 Å². The minimum absolute atomic E-state index is 0.00370. The van der Waals surface area contributed by atoms with Crippen molar-refractivity contribution in [2.45, 2.75) is 18.4 Å². The van der Waals surface area contributed by atoms with E-state index in [1.54, 1.807) is 0 Å². The molecule has 1 aromatic carbocycles. The van der Waals surface area contributed by atoms with Gasteiger partial charge >= 0.3 is 5.97 Å². The van der Waals surface area contributed by atoms with E-state index in [-0.39, 0.29) is 17.7 Å². The van der Waals surface area contributed by atoms with Crippen LogP contribution in [0.4, 0.5) is 4.39 Å². The number of hydrogen-bond donors (Lipinski definition) is 1. The number of rotatable bonds is 3. The van der Waals surface area contributed by atoms with Crippen molar-refractivity contribution in [1.29, 1.82) is 0 Å². The van der Waals surface area contributed by atoms with Crippen LogP contribution in [0.1, 0.15) is 40.0 Å². The van der Waals surface area contributed by atoms with E-state index in [4.69, 9.17) is 4.74 Å². The van der Waals surface area contributed by atoms with Crippen molar-refractivity contribution in [3.05, 3.63) is 65.2 Å². The molecule has 6 heteroatoms. The Labute approximate surface area is 132 Å². The fourth-order valence-corrected chi connectivity index (χ4v) is 2.90. The van der Waals surface area contributed by atoms with E-state index in [9.17, 15) is 14.0 Å². The number of nitrogens with zero attached hydrogens (tertiary/aromatic N) is 1. The van der Waals surface area contributed by atoms with E-state index in [1.807, 2.05) is 24.3 Å². The fraction of sp³-hybridized carbons (Fsp3) is 0.235. The summed E-state index contributed by atoms with van der Waals surface area (Å²) in [5, 5.41) is 2.81.